The molecule has 0 radical (unpaired) electrons. The zero-order valence-electron chi connectivity index (χ0n) is 11.8. The highest BCUT2D eigenvalue weighted by Gasteiger charge is 2.18. The van der Waals surface area contributed by atoms with E-state index in [1.165, 1.54) is 12.8 Å². The molecule has 0 fully saturated rings. The normalized spacial score (nSPS) is 10.6. The Kier molecular flexibility index (Phi) is 7.64. The predicted octanol–water partition coefficient (Wildman–Crippen LogP) is 3.86. The van der Waals surface area contributed by atoms with Crippen molar-refractivity contribution in [1.82, 2.24) is 0 Å². The van der Waals surface area contributed by atoms with Gasteiger partial charge >= 0.3 is 0 Å². The molecule has 0 aliphatic heterocycles. The Bertz CT molecular complexity index is 413. The van der Waals surface area contributed by atoms with E-state index in [-0.39, 0.29) is 0 Å². The number of hydrogen-bond acceptors (Lipinski definition) is 4. The third-order valence-electron chi connectivity index (χ3n) is 2.80. The van der Waals surface area contributed by atoms with Crippen molar-refractivity contribution in [2.45, 2.75) is 31.1 Å². The van der Waals surface area contributed by atoms with E-state index in [2.05, 4.69) is 22.9 Å². The Balaban J connectivity index is 3.14. The summed E-state index contributed by atoms with van der Waals surface area (Å²) in [6, 6.07) is 2.05. The van der Waals surface area contributed by atoms with Crippen molar-refractivity contribution in [3.05, 3.63) is 16.1 Å². The van der Waals surface area contributed by atoms with E-state index < -0.39 is 0 Å². The SMILES string of the molecule is CCCCSc1c(OC)cc(CCN)c(Br)c1OC. The number of thioether (sulfide) groups is 1. The molecule has 1 aromatic carbocycles. The summed E-state index contributed by atoms with van der Waals surface area (Å²) in [5, 5.41) is 0. The highest BCUT2D eigenvalue weighted by Crippen LogP contribution is 2.45. The van der Waals surface area contributed by atoms with Gasteiger partial charge < -0.3 is 15.2 Å². The molecule has 0 aliphatic rings. The maximum atomic E-state index is 5.64. The minimum Gasteiger partial charge on any atom is -0.495 e. The minimum atomic E-state index is 0.604. The summed E-state index contributed by atoms with van der Waals surface area (Å²) in [4.78, 5) is 1.06. The van der Waals surface area contributed by atoms with Crippen molar-refractivity contribution in [2.75, 3.05) is 26.5 Å². The molecule has 0 unspecified atom stereocenters. The average molecular weight is 348 g/mol. The van der Waals surface area contributed by atoms with Crippen LogP contribution in [0.2, 0.25) is 0 Å². The van der Waals surface area contributed by atoms with Crippen molar-refractivity contribution in [3.63, 3.8) is 0 Å². The Morgan fingerprint density at radius 2 is 2.05 bits per heavy atom. The Hall–Kier alpha value is -0.390. The Labute approximate surface area is 128 Å². The van der Waals surface area contributed by atoms with Gasteiger partial charge in [0.25, 0.3) is 0 Å². The van der Waals surface area contributed by atoms with Crippen molar-refractivity contribution in [2.24, 2.45) is 5.73 Å². The first kappa shape index (κ1) is 16.7. The Morgan fingerprint density at radius 3 is 2.58 bits per heavy atom. The highest BCUT2D eigenvalue weighted by molar-refractivity contribution is 9.10. The topological polar surface area (TPSA) is 44.5 Å². The van der Waals surface area contributed by atoms with E-state index >= 15 is 0 Å². The summed E-state index contributed by atoms with van der Waals surface area (Å²) in [5.74, 6) is 2.78. The van der Waals surface area contributed by atoms with Crippen LogP contribution in [0.1, 0.15) is 25.3 Å². The van der Waals surface area contributed by atoms with Gasteiger partial charge in [0.2, 0.25) is 0 Å². The summed E-state index contributed by atoms with van der Waals surface area (Å²) in [5.41, 5.74) is 6.76. The fourth-order valence-corrected chi connectivity index (χ4v) is 3.81. The van der Waals surface area contributed by atoms with E-state index in [9.17, 15) is 0 Å². The van der Waals surface area contributed by atoms with Crippen molar-refractivity contribution >= 4 is 27.7 Å². The lowest BCUT2D eigenvalue weighted by Crippen LogP contribution is -2.05. The molecule has 0 saturated heterocycles. The second-order valence-electron chi connectivity index (χ2n) is 4.15. The summed E-state index contributed by atoms with van der Waals surface area (Å²) in [6.45, 7) is 2.79. The van der Waals surface area contributed by atoms with Gasteiger partial charge in [-0.1, -0.05) is 13.3 Å². The third-order valence-corrected chi connectivity index (χ3v) is 4.84. The van der Waals surface area contributed by atoms with Gasteiger partial charge in [-0.25, -0.2) is 0 Å². The van der Waals surface area contributed by atoms with Crippen LogP contribution in [0.3, 0.4) is 0 Å². The highest BCUT2D eigenvalue weighted by atomic mass is 79.9. The molecule has 0 amide bonds. The molecule has 0 aromatic heterocycles. The van der Waals surface area contributed by atoms with Gasteiger partial charge in [0.1, 0.15) is 5.75 Å². The molecule has 108 valence electrons. The van der Waals surface area contributed by atoms with Crippen LogP contribution in [0.15, 0.2) is 15.4 Å². The second-order valence-corrected chi connectivity index (χ2v) is 6.05. The van der Waals surface area contributed by atoms with E-state index in [0.29, 0.717) is 6.54 Å². The number of hydrogen-bond donors (Lipinski definition) is 1. The Morgan fingerprint density at radius 1 is 1.32 bits per heavy atom. The number of unbranched alkanes of at least 4 members (excludes halogenated alkanes) is 1. The molecule has 19 heavy (non-hydrogen) atoms. The monoisotopic (exact) mass is 347 g/mol. The van der Waals surface area contributed by atoms with Gasteiger partial charge in [0.15, 0.2) is 5.75 Å². The second kappa shape index (κ2) is 8.72. The van der Waals surface area contributed by atoms with Crippen LogP contribution in [0, 0.1) is 0 Å². The minimum absolute atomic E-state index is 0.604. The van der Waals surface area contributed by atoms with Gasteiger partial charge in [0.05, 0.1) is 23.6 Å². The van der Waals surface area contributed by atoms with Crippen LogP contribution < -0.4 is 15.2 Å². The van der Waals surface area contributed by atoms with Crippen molar-refractivity contribution in [1.29, 1.82) is 0 Å². The van der Waals surface area contributed by atoms with Crippen LogP contribution in [-0.4, -0.2) is 26.5 Å². The predicted molar refractivity (Wildman–Crippen MR) is 85.6 cm³/mol. The standard InChI is InChI=1S/C14H22BrNO2S/c1-4-5-8-19-14-11(17-2)9-10(6-7-16)12(15)13(14)18-3/h9H,4-8,16H2,1-3H3. The first-order valence-corrected chi connectivity index (χ1v) is 8.23. The molecule has 5 heteroatoms. The zero-order valence-corrected chi connectivity index (χ0v) is 14.2. The van der Waals surface area contributed by atoms with E-state index in [1.54, 1.807) is 26.0 Å². The number of rotatable bonds is 8. The molecule has 0 heterocycles. The quantitative estimate of drug-likeness (QED) is 0.572. The summed E-state index contributed by atoms with van der Waals surface area (Å²) in [6.07, 6.45) is 3.16. The average Bonchev–Trinajstić information content (AvgIpc) is 2.42. The molecule has 0 spiro atoms. The van der Waals surface area contributed by atoms with Gasteiger partial charge in [-0.05, 0) is 52.7 Å². The van der Waals surface area contributed by atoms with Crippen molar-refractivity contribution < 1.29 is 9.47 Å². The fourth-order valence-electron chi connectivity index (χ4n) is 1.77. The molecule has 1 rings (SSSR count). The first-order valence-electron chi connectivity index (χ1n) is 6.45. The number of halogens is 1. The zero-order chi connectivity index (χ0) is 14.3. The van der Waals surface area contributed by atoms with Gasteiger partial charge in [0, 0.05) is 0 Å². The molecule has 0 aliphatic carbocycles. The molecule has 0 atom stereocenters. The van der Waals surface area contributed by atoms with E-state index in [0.717, 1.165) is 38.6 Å². The lowest BCUT2D eigenvalue weighted by atomic mass is 10.1. The molecule has 2 N–H and O–H groups in total. The first-order chi connectivity index (χ1) is 9.19. The summed E-state index contributed by atoms with van der Waals surface area (Å²) >= 11 is 5.39. The molecular formula is C14H22BrNO2S. The van der Waals surface area contributed by atoms with Gasteiger partial charge in [-0.15, -0.1) is 11.8 Å². The summed E-state index contributed by atoms with van der Waals surface area (Å²) in [7, 11) is 3.38. The lowest BCUT2D eigenvalue weighted by Gasteiger charge is -2.17. The van der Waals surface area contributed by atoms with E-state index in [4.69, 9.17) is 15.2 Å². The number of nitrogens with two attached hydrogens (primary N) is 1. The maximum Gasteiger partial charge on any atom is 0.150 e. The van der Waals surface area contributed by atoms with Crippen LogP contribution >= 0.6 is 27.7 Å². The largest absolute Gasteiger partial charge is 0.495 e. The van der Waals surface area contributed by atoms with Gasteiger partial charge in [-0.3, -0.25) is 0 Å². The summed E-state index contributed by atoms with van der Waals surface area (Å²) < 4.78 is 12.0. The number of methoxy groups -OCH3 is 2. The van der Waals surface area contributed by atoms with Crippen LogP contribution in [-0.2, 0) is 6.42 Å². The van der Waals surface area contributed by atoms with Crippen molar-refractivity contribution in [3.8, 4) is 11.5 Å². The van der Waals surface area contributed by atoms with Crippen LogP contribution in [0.4, 0.5) is 0 Å². The van der Waals surface area contributed by atoms with Crippen LogP contribution in [0.5, 0.6) is 11.5 Å². The fraction of sp³-hybridized carbons (Fsp3) is 0.571. The lowest BCUT2D eigenvalue weighted by molar-refractivity contribution is 0.373. The third kappa shape index (κ3) is 4.29. The molecule has 1 aromatic rings. The number of ether oxygens (including phenoxy) is 2. The molecule has 0 saturated carbocycles. The van der Waals surface area contributed by atoms with Crippen LogP contribution in [0.25, 0.3) is 0 Å². The molecule has 3 nitrogen and oxygen atoms in total. The molecule has 0 bridgehead atoms. The molecular weight excluding hydrogens is 326 g/mol. The smallest absolute Gasteiger partial charge is 0.150 e. The maximum absolute atomic E-state index is 5.64. The van der Waals surface area contributed by atoms with Gasteiger partial charge in [-0.2, -0.15) is 0 Å². The van der Waals surface area contributed by atoms with E-state index in [1.807, 2.05) is 6.07 Å². The number of benzene rings is 1.